The first-order valence-corrected chi connectivity index (χ1v) is 5.92. The van der Waals surface area contributed by atoms with Crippen LogP contribution in [0.25, 0.3) is 10.9 Å². The molecule has 88 valence electrons. The van der Waals surface area contributed by atoms with Gasteiger partial charge in [-0.05, 0) is 25.1 Å². The zero-order chi connectivity index (χ0) is 11.7. The van der Waals surface area contributed by atoms with Gasteiger partial charge in [-0.2, -0.15) is 0 Å². The molecule has 17 heavy (non-hydrogen) atoms. The van der Waals surface area contributed by atoms with E-state index in [0.29, 0.717) is 0 Å². The quantitative estimate of drug-likeness (QED) is 0.726. The summed E-state index contributed by atoms with van der Waals surface area (Å²) in [6, 6.07) is 8.00. The molecule has 1 aliphatic heterocycles. The topological polar surface area (TPSA) is 56.9 Å². The molecular weight excluding hydrogens is 214 g/mol. The fourth-order valence-corrected chi connectivity index (χ4v) is 2.32. The van der Waals surface area contributed by atoms with Crippen molar-refractivity contribution in [3.63, 3.8) is 0 Å². The number of benzene rings is 1. The summed E-state index contributed by atoms with van der Waals surface area (Å²) in [6.07, 6.45) is 2.87. The van der Waals surface area contributed by atoms with Crippen molar-refractivity contribution in [3.8, 4) is 0 Å². The van der Waals surface area contributed by atoms with Gasteiger partial charge in [0, 0.05) is 24.2 Å². The fraction of sp³-hybridized carbons (Fsp3) is 0.308. The van der Waals surface area contributed by atoms with Crippen LogP contribution in [0, 0.1) is 0 Å². The van der Waals surface area contributed by atoms with Gasteiger partial charge < -0.3 is 15.6 Å². The molecule has 0 radical (unpaired) electrons. The monoisotopic (exact) mass is 229 g/mol. The third-order valence-electron chi connectivity index (χ3n) is 3.23. The minimum atomic E-state index is 0.00625. The van der Waals surface area contributed by atoms with E-state index in [4.69, 9.17) is 0 Å². The standard InChI is InChI=1S/C13H15N3O/c17-13(16-10-5-6-14-8-10)11-3-1-2-9-4-7-15-12(9)11/h1-4,7,10,14-15H,5-6,8H2,(H,16,17). The Morgan fingerprint density at radius 3 is 3.12 bits per heavy atom. The summed E-state index contributed by atoms with van der Waals surface area (Å²) >= 11 is 0. The lowest BCUT2D eigenvalue weighted by Gasteiger charge is -2.11. The number of H-pyrrole nitrogens is 1. The lowest BCUT2D eigenvalue weighted by molar-refractivity contribution is 0.0941. The van der Waals surface area contributed by atoms with Gasteiger partial charge in [0.2, 0.25) is 0 Å². The summed E-state index contributed by atoms with van der Waals surface area (Å²) in [5.41, 5.74) is 1.63. The number of aromatic amines is 1. The normalized spacial score (nSPS) is 19.6. The van der Waals surface area contributed by atoms with Crippen molar-refractivity contribution in [1.29, 1.82) is 0 Å². The highest BCUT2D eigenvalue weighted by molar-refractivity contribution is 6.05. The molecule has 1 unspecified atom stereocenters. The van der Waals surface area contributed by atoms with E-state index in [-0.39, 0.29) is 11.9 Å². The van der Waals surface area contributed by atoms with Gasteiger partial charge in [0.25, 0.3) is 5.91 Å². The second-order valence-electron chi connectivity index (χ2n) is 4.41. The van der Waals surface area contributed by atoms with Crippen molar-refractivity contribution in [3.05, 3.63) is 36.0 Å². The van der Waals surface area contributed by atoms with E-state index in [1.54, 1.807) is 0 Å². The van der Waals surface area contributed by atoms with Crippen LogP contribution < -0.4 is 10.6 Å². The average molecular weight is 229 g/mol. The molecule has 1 atom stereocenters. The van der Waals surface area contributed by atoms with Crippen LogP contribution in [0.2, 0.25) is 0 Å². The number of hydrogen-bond acceptors (Lipinski definition) is 2. The van der Waals surface area contributed by atoms with Crippen LogP contribution in [0.4, 0.5) is 0 Å². The van der Waals surface area contributed by atoms with Crippen molar-refractivity contribution >= 4 is 16.8 Å². The maximum Gasteiger partial charge on any atom is 0.253 e. The third kappa shape index (κ3) is 1.91. The van der Waals surface area contributed by atoms with Crippen LogP contribution in [0.5, 0.6) is 0 Å². The minimum absolute atomic E-state index is 0.00625. The molecule has 4 nitrogen and oxygen atoms in total. The molecule has 2 aromatic rings. The SMILES string of the molecule is O=C(NC1CCNC1)c1cccc2cc[nH]c12. The molecule has 0 aliphatic carbocycles. The maximum absolute atomic E-state index is 12.2. The van der Waals surface area contributed by atoms with Crippen molar-refractivity contribution in [2.24, 2.45) is 0 Å². The van der Waals surface area contributed by atoms with Gasteiger partial charge in [-0.3, -0.25) is 4.79 Å². The average Bonchev–Trinajstić information content (AvgIpc) is 2.97. The maximum atomic E-state index is 12.2. The molecule has 3 rings (SSSR count). The highest BCUT2D eigenvalue weighted by Crippen LogP contribution is 2.17. The first kappa shape index (κ1) is 10.4. The Labute approximate surface area is 99.4 Å². The summed E-state index contributed by atoms with van der Waals surface area (Å²) in [7, 11) is 0. The summed E-state index contributed by atoms with van der Waals surface area (Å²) in [5, 5.41) is 7.37. The minimum Gasteiger partial charge on any atom is -0.361 e. The van der Waals surface area contributed by atoms with Gasteiger partial charge in [0.05, 0.1) is 11.1 Å². The number of fused-ring (bicyclic) bond motifs is 1. The molecule has 1 aliphatic rings. The molecule has 1 amide bonds. The van der Waals surface area contributed by atoms with Crippen LogP contribution in [0.1, 0.15) is 16.8 Å². The van der Waals surface area contributed by atoms with E-state index >= 15 is 0 Å². The summed E-state index contributed by atoms with van der Waals surface area (Å²) < 4.78 is 0. The van der Waals surface area contributed by atoms with Gasteiger partial charge in [0.1, 0.15) is 0 Å². The van der Waals surface area contributed by atoms with Crippen LogP contribution in [-0.2, 0) is 0 Å². The van der Waals surface area contributed by atoms with Crippen molar-refractivity contribution in [1.82, 2.24) is 15.6 Å². The third-order valence-corrected chi connectivity index (χ3v) is 3.23. The van der Waals surface area contributed by atoms with Crippen LogP contribution >= 0.6 is 0 Å². The fourth-order valence-electron chi connectivity index (χ4n) is 2.32. The molecule has 0 saturated carbocycles. The lowest BCUT2D eigenvalue weighted by Crippen LogP contribution is -2.36. The van der Waals surface area contributed by atoms with E-state index in [0.717, 1.165) is 36.0 Å². The van der Waals surface area contributed by atoms with Gasteiger partial charge in [-0.15, -0.1) is 0 Å². The van der Waals surface area contributed by atoms with Crippen molar-refractivity contribution < 1.29 is 4.79 Å². The number of nitrogens with one attached hydrogen (secondary N) is 3. The second-order valence-corrected chi connectivity index (χ2v) is 4.41. The lowest BCUT2D eigenvalue weighted by atomic mass is 10.1. The Morgan fingerprint density at radius 2 is 2.29 bits per heavy atom. The Kier molecular flexibility index (Phi) is 2.57. The van der Waals surface area contributed by atoms with Gasteiger partial charge in [0.15, 0.2) is 0 Å². The van der Waals surface area contributed by atoms with Gasteiger partial charge in [-0.25, -0.2) is 0 Å². The van der Waals surface area contributed by atoms with Crippen molar-refractivity contribution in [2.75, 3.05) is 13.1 Å². The van der Waals surface area contributed by atoms with E-state index in [1.807, 2.05) is 30.5 Å². The summed E-state index contributed by atoms with van der Waals surface area (Å²) in [4.78, 5) is 15.3. The number of hydrogen-bond donors (Lipinski definition) is 3. The van der Waals surface area contributed by atoms with Crippen LogP contribution in [0.15, 0.2) is 30.5 Å². The molecule has 0 bridgehead atoms. The Hall–Kier alpha value is -1.81. The number of amides is 1. The molecule has 0 spiro atoms. The zero-order valence-corrected chi connectivity index (χ0v) is 9.49. The highest BCUT2D eigenvalue weighted by Gasteiger charge is 2.18. The molecule has 1 aromatic heterocycles. The van der Waals surface area contributed by atoms with E-state index in [1.165, 1.54) is 0 Å². The molecular formula is C13H15N3O. The van der Waals surface area contributed by atoms with E-state index in [2.05, 4.69) is 15.6 Å². The number of para-hydroxylation sites is 1. The molecule has 3 N–H and O–H groups in total. The predicted octanol–water partition coefficient (Wildman–Crippen LogP) is 1.26. The van der Waals surface area contributed by atoms with Crippen LogP contribution in [0.3, 0.4) is 0 Å². The van der Waals surface area contributed by atoms with Crippen molar-refractivity contribution in [2.45, 2.75) is 12.5 Å². The number of carbonyl (C=O) groups is 1. The smallest absolute Gasteiger partial charge is 0.253 e. The summed E-state index contributed by atoms with van der Waals surface area (Å²) in [5.74, 6) is 0.00625. The van der Waals surface area contributed by atoms with E-state index < -0.39 is 0 Å². The Morgan fingerprint density at radius 1 is 1.35 bits per heavy atom. The Balaban J connectivity index is 1.87. The predicted molar refractivity (Wildman–Crippen MR) is 67.0 cm³/mol. The highest BCUT2D eigenvalue weighted by atomic mass is 16.1. The number of carbonyl (C=O) groups excluding carboxylic acids is 1. The van der Waals surface area contributed by atoms with E-state index in [9.17, 15) is 4.79 Å². The first-order valence-electron chi connectivity index (χ1n) is 5.92. The zero-order valence-electron chi connectivity index (χ0n) is 9.49. The summed E-state index contributed by atoms with van der Waals surface area (Å²) in [6.45, 7) is 1.85. The molecule has 1 aromatic carbocycles. The largest absolute Gasteiger partial charge is 0.361 e. The molecule has 1 fully saturated rings. The second kappa shape index (κ2) is 4.22. The van der Waals surface area contributed by atoms with Crippen LogP contribution in [-0.4, -0.2) is 30.0 Å². The first-order chi connectivity index (χ1) is 8.34. The molecule has 4 heteroatoms. The Bertz CT molecular complexity index is 540. The molecule has 1 saturated heterocycles. The van der Waals surface area contributed by atoms with Gasteiger partial charge in [-0.1, -0.05) is 12.1 Å². The number of aromatic nitrogens is 1. The van der Waals surface area contributed by atoms with Gasteiger partial charge >= 0.3 is 0 Å². The molecule has 2 heterocycles. The number of rotatable bonds is 2.